The second-order valence-electron chi connectivity index (χ2n) is 6.95. The van der Waals surface area contributed by atoms with Crippen LogP contribution in [-0.2, 0) is 9.59 Å². The van der Waals surface area contributed by atoms with Crippen molar-refractivity contribution in [3.05, 3.63) is 30.3 Å². The molecule has 2 fully saturated rings. The van der Waals surface area contributed by atoms with Crippen molar-refractivity contribution >= 4 is 17.5 Å². The van der Waals surface area contributed by atoms with E-state index in [-0.39, 0.29) is 29.7 Å². The molecule has 23 heavy (non-hydrogen) atoms. The smallest absolute Gasteiger partial charge is 0.230 e. The summed E-state index contributed by atoms with van der Waals surface area (Å²) in [4.78, 5) is 26.7. The third kappa shape index (κ3) is 3.74. The Morgan fingerprint density at radius 2 is 1.70 bits per heavy atom. The number of hydrogen-bond donors (Lipinski definition) is 1. The summed E-state index contributed by atoms with van der Waals surface area (Å²) in [6, 6.07) is 9.76. The lowest BCUT2D eigenvalue weighted by atomic mass is 9.84. The number of para-hydroxylation sites is 1. The van der Waals surface area contributed by atoms with E-state index in [1.165, 1.54) is 0 Å². The van der Waals surface area contributed by atoms with Crippen molar-refractivity contribution in [2.24, 2.45) is 11.8 Å². The van der Waals surface area contributed by atoms with Gasteiger partial charge in [-0.3, -0.25) is 9.59 Å². The quantitative estimate of drug-likeness (QED) is 0.877. The van der Waals surface area contributed by atoms with Crippen LogP contribution in [0.4, 0.5) is 5.69 Å². The zero-order valence-electron chi connectivity index (χ0n) is 13.8. The van der Waals surface area contributed by atoms with Crippen molar-refractivity contribution in [1.82, 2.24) is 5.32 Å². The van der Waals surface area contributed by atoms with Crippen LogP contribution in [0.1, 0.15) is 45.4 Å². The van der Waals surface area contributed by atoms with Gasteiger partial charge in [0.1, 0.15) is 0 Å². The molecule has 1 N–H and O–H groups in total. The average molecular weight is 314 g/mol. The molecule has 1 unspecified atom stereocenters. The lowest BCUT2D eigenvalue weighted by molar-refractivity contribution is -0.128. The summed E-state index contributed by atoms with van der Waals surface area (Å²) in [5.74, 6) is 0.690. The number of nitrogens with zero attached hydrogens (tertiary/aromatic N) is 1. The van der Waals surface area contributed by atoms with Gasteiger partial charge < -0.3 is 10.2 Å². The van der Waals surface area contributed by atoms with E-state index >= 15 is 0 Å². The van der Waals surface area contributed by atoms with Gasteiger partial charge in [-0.2, -0.15) is 0 Å². The number of carbonyl (C=O) groups is 2. The molecule has 2 aliphatic carbocycles. The highest BCUT2D eigenvalue weighted by Gasteiger charge is 2.32. The van der Waals surface area contributed by atoms with Crippen LogP contribution in [0.3, 0.4) is 0 Å². The molecule has 0 radical (unpaired) electrons. The van der Waals surface area contributed by atoms with Gasteiger partial charge in [0.25, 0.3) is 0 Å². The standard InChI is InChI=1S/C19H26N2O2/c1-14(20-18(22)15-7-5-8-15)13-21(17-11-3-2-4-12-17)19(23)16-9-6-10-16/h2-4,11-12,14-16H,5-10,13H2,1H3,(H,20,22). The predicted octanol–water partition coefficient (Wildman–Crippen LogP) is 3.12. The molecular formula is C19H26N2O2. The van der Waals surface area contributed by atoms with Crippen LogP contribution in [0.5, 0.6) is 0 Å². The van der Waals surface area contributed by atoms with Crippen LogP contribution >= 0.6 is 0 Å². The van der Waals surface area contributed by atoms with E-state index in [1.807, 2.05) is 42.2 Å². The van der Waals surface area contributed by atoms with E-state index in [4.69, 9.17) is 0 Å². The van der Waals surface area contributed by atoms with Crippen molar-refractivity contribution in [2.45, 2.75) is 51.5 Å². The zero-order chi connectivity index (χ0) is 16.2. The highest BCUT2D eigenvalue weighted by atomic mass is 16.2. The van der Waals surface area contributed by atoms with Gasteiger partial charge in [-0.1, -0.05) is 31.0 Å². The molecule has 0 spiro atoms. The second-order valence-corrected chi connectivity index (χ2v) is 6.95. The molecule has 3 rings (SSSR count). The Hall–Kier alpha value is -1.84. The fraction of sp³-hybridized carbons (Fsp3) is 0.579. The van der Waals surface area contributed by atoms with Crippen molar-refractivity contribution in [3.8, 4) is 0 Å². The molecule has 2 aliphatic rings. The van der Waals surface area contributed by atoms with Crippen molar-refractivity contribution in [2.75, 3.05) is 11.4 Å². The van der Waals surface area contributed by atoms with Gasteiger partial charge in [-0.25, -0.2) is 0 Å². The monoisotopic (exact) mass is 314 g/mol. The lowest BCUT2D eigenvalue weighted by Crippen LogP contribution is -2.49. The summed E-state index contributed by atoms with van der Waals surface area (Å²) in [6.45, 7) is 2.53. The van der Waals surface area contributed by atoms with Gasteiger partial charge in [-0.05, 0) is 44.7 Å². The summed E-state index contributed by atoms with van der Waals surface area (Å²) in [6.07, 6.45) is 6.29. The number of benzene rings is 1. The van der Waals surface area contributed by atoms with Crippen molar-refractivity contribution < 1.29 is 9.59 Å². The second kappa shape index (κ2) is 7.16. The van der Waals surface area contributed by atoms with Crippen molar-refractivity contribution in [3.63, 3.8) is 0 Å². The van der Waals surface area contributed by atoms with Crippen LogP contribution in [-0.4, -0.2) is 24.4 Å². The number of hydrogen-bond acceptors (Lipinski definition) is 2. The molecule has 2 saturated carbocycles. The molecule has 0 saturated heterocycles. The number of nitrogens with one attached hydrogen (secondary N) is 1. The van der Waals surface area contributed by atoms with Gasteiger partial charge in [0.2, 0.25) is 11.8 Å². The topological polar surface area (TPSA) is 49.4 Å². The molecule has 0 bridgehead atoms. The van der Waals surface area contributed by atoms with E-state index in [0.29, 0.717) is 6.54 Å². The summed E-state index contributed by atoms with van der Waals surface area (Å²) in [5, 5.41) is 3.08. The van der Waals surface area contributed by atoms with Gasteiger partial charge in [0.15, 0.2) is 0 Å². The minimum absolute atomic E-state index is 0.0349. The molecule has 1 atom stereocenters. The Morgan fingerprint density at radius 3 is 2.22 bits per heavy atom. The number of rotatable bonds is 6. The van der Waals surface area contributed by atoms with Gasteiger partial charge in [0.05, 0.1) is 0 Å². The number of amides is 2. The average Bonchev–Trinajstić information content (AvgIpc) is 2.41. The summed E-state index contributed by atoms with van der Waals surface area (Å²) in [5.41, 5.74) is 0.925. The molecule has 4 heteroatoms. The first-order chi connectivity index (χ1) is 11.1. The lowest BCUT2D eigenvalue weighted by Gasteiger charge is -2.34. The highest BCUT2D eigenvalue weighted by Crippen LogP contribution is 2.30. The Labute approximate surface area is 138 Å². The minimum Gasteiger partial charge on any atom is -0.352 e. The molecule has 0 heterocycles. The number of anilines is 1. The maximum atomic E-state index is 12.8. The third-order valence-corrected chi connectivity index (χ3v) is 5.11. The highest BCUT2D eigenvalue weighted by molar-refractivity contribution is 5.95. The predicted molar refractivity (Wildman–Crippen MR) is 91.1 cm³/mol. The molecule has 124 valence electrons. The number of carbonyl (C=O) groups excluding carboxylic acids is 2. The molecule has 0 aromatic heterocycles. The Morgan fingerprint density at radius 1 is 1.09 bits per heavy atom. The molecule has 4 nitrogen and oxygen atoms in total. The molecular weight excluding hydrogens is 288 g/mol. The first kappa shape index (κ1) is 16.0. The van der Waals surface area contributed by atoms with Crippen LogP contribution in [0.2, 0.25) is 0 Å². The minimum atomic E-state index is -0.0349. The first-order valence-electron chi connectivity index (χ1n) is 8.82. The molecule has 0 aliphatic heterocycles. The van der Waals surface area contributed by atoms with E-state index in [2.05, 4.69) is 5.32 Å². The summed E-state index contributed by atoms with van der Waals surface area (Å²) < 4.78 is 0. The Balaban J connectivity index is 1.65. The maximum Gasteiger partial charge on any atom is 0.230 e. The van der Waals surface area contributed by atoms with Crippen LogP contribution in [0, 0.1) is 11.8 Å². The van der Waals surface area contributed by atoms with E-state index in [0.717, 1.165) is 44.2 Å². The maximum absolute atomic E-state index is 12.8. The molecule has 2 amide bonds. The van der Waals surface area contributed by atoms with Crippen molar-refractivity contribution in [1.29, 1.82) is 0 Å². The largest absolute Gasteiger partial charge is 0.352 e. The summed E-state index contributed by atoms with van der Waals surface area (Å²) >= 11 is 0. The van der Waals surface area contributed by atoms with Crippen LogP contribution in [0.15, 0.2) is 30.3 Å². The zero-order valence-corrected chi connectivity index (χ0v) is 13.8. The Kier molecular flexibility index (Phi) is 4.99. The van der Waals surface area contributed by atoms with E-state index in [1.54, 1.807) is 0 Å². The van der Waals surface area contributed by atoms with Crippen LogP contribution in [0.25, 0.3) is 0 Å². The van der Waals surface area contributed by atoms with Gasteiger partial charge >= 0.3 is 0 Å². The molecule has 1 aromatic rings. The normalized spacial score (nSPS) is 19.3. The third-order valence-electron chi connectivity index (χ3n) is 5.11. The van der Waals surface area contributed by atoms with Crippen LogP contribution < -0.4 is 10.2 Å². The first-order valence-corrected chi connectivity index (χ1v) is 8.82. The Bertz CT molecular complexity index is 550. The van der Waals surface area contributed by atoms with E-state index < -0.39 is 0 Å². The fourth-order valence-electron chi connectivity index (χ4n) is 3.16. The fourth-order valence-corrected chi connectivity index (χ4v) is 3.16. The SMILES string of the molecule is CC(CN(C(=O)C1CCC1)c1ccccc1)NC(=O)C1CCC1. The van der Waals surface area contributed by atoms with E-state index in [9.17, 15) is 9.59 Å². The molecule has 1 aromatic carbocycles. The van der Waals surface area contributed by atoms with Gasteiger partial charge in [0, 0.05) is 30.1 Å². The summed E-state index contributed by atoms with van der Waals surface area (Å²) in [7, 11) is 0. The van der Waals surface area contributed by atoms with Gasteiger partial charge in [-0.15, -0.1) is 0 Å².